The predicted octanol–water partition coefficient (Wildman–Crippen LogP) is 10.2. The third-order valence-corrected chi connectivity index (χ3v) is 11.3. The van der Waals surface area contributed by atoms with Crippen molar-refractivity contribution in [3.8, 4) is 0 Å². The second-order valence-electron chi connectivity index (χ2n) is 13.6. The molecule has 1 N–H and O–H groups in total. The molecule has 0 aliphatic heterocycles. The number of unbranched alkanes of at least 4 members (excludes halogenated alkanes) is 2. The number of hydrogen-bond acceptors (Lipinski definition) is 1. The maximum absolute atomic E-state index is 15.2. The summed E-state index contributed by atoms with van der Waals surface area (Å²) in [5.74, 6) is 2.25. The molecular formula is C35H55FO2. The van der Waals surface area contributed by atoms with E-state index in [1.807, 2.05) is 0 Å². The van der Waals surface area contributed by atoms with E-state index in [4.69, 9.17) is 0 Å². The smallest absolute Gasteiger partial charge is 0.309 e. The normalized spacial score (nSPS) is 35.1. The highest BCUT2D eigenvalue weighted by atomic mass is 19.1. The van der Waals surface area contributed by atoms with Crippen molar-refractivity contribution >= 4 is 5.97 Å². The van der Waals surface area contributed by atoms with Crippen LogP contribution in [-0.2, 0) is 10.2 Å². The lowest BCUT2D eigenvalue weighted by atomic mass is 9.61. The van der Waals surface area contributed by atoms with Gasteiger partial charge in [0.2, 0.25) is 0 Å². The number of benzene rings is 1. The maximum Gasteiger partial charge on any atom is 0.309 e. The summed E-state index contributed by atoms with van der Waals surface area (Å²) in [4.78, 5) is 11.6. The molecule has 4 rings (SSSR count). The molecule has 3 heteroatoms. The summed E-state index contributed by atoms with van der Waals surface area (Å²) in [5.41, 5.74) is 2.51. The molecule has 0 heterocycles. The molecule has 3 aliphatic carbocycles. The molecule has 3 saturated carbocycles. The monoisotopic (exact) mass is 526 g/mol. The molecule has 0 amide bonds. The molecule has 1 aromatic carbocycles. The van der Waals surface area contributed by atoms with Crippen molar-refractivity contribution < 1.29 is 14.3 Å². The molecule has 1 aromatic rings. The average molecular weight is 527 g/mol. The van der Waals surface area contributed by atoms with Crippen molar-refractivity contribution in [3.63, 3.8) is 0 Å². The van der Waals surface area contributed by atoms with Crippen LogP contribution in [0.1, 0.15) is 147 Å². The van der Waals surface area contributed by atoms with Gasteiger partial charge in [-0.15, -0.1) is 0 Å². The van der Waals surface area contributed by atoms with Crippen molar-refractivity contribution in [1.82, 2.24) is 0 Å². The first-order valence-corrected chi connectivity index (χ1v) is 16.3. The van der Waals surface area contributed by atoms with Crippen LogP contribution in [0, 0.1) is 29.6 Å². The summed E-state index contributed by atoms with van der Waals surface area (Å²) in [6.07, 6.45) is 19.2. The summed E-state index contributed by atoms with van der Waals surface area (Å²) in [6, 6.07) is 8.84. The number of halogens is 1. The zero-order chi connectivity index (χ0) is 27.1. The molecule has 38 heavy (non-hydrogen) atoms. The summed E-state index contributed by atoms with van der Waals surface area (Å²) < 4.78 is 15.2. The zero-order valence-electron chi connectivity index (χ0n) is 24.6. The van der Waals surface area contributed by atoms with Gasteiger partial charge in [-0.05, 0) is 110 Å². The number of carboxylic acid groups (broad SMARTS) is 1. The van der Waals surface area contributed by atoms with Gasteiger partial charge in [-0.3, -0.25) is 4.79 Å². The second kappa shape index (κ2) is 13.8. The van der Waals surface area contributed by atoms with Crippen LogP contribution in [0.25, 0.3) is 0 Å². The fourth-order valence-corrected chi connectivity index (χ4v) is 8.97. The maximum atomic E-state index is 15.2. The van der Waals surface area contributed by atoms with Crippen molar-refractivity contribution in [1.29, 1.82) is 0 Å². The minimum Gasteiger partial charge on any atom is -0.481 e. The second-order valence-corrected chi connectivity index (χ2v) is 13.6. The van der Waals surface area contributed by atoms with Gasteiger partial charge >= 0.3 is 5.97 Å². The number of hydrogen-bond donors (Lipinski definition) is 1. The lowest BCUT2D eigenvalue weighted by Crippen LogP contribution is -2.42. The standard InChI is InChI=1S/C35H55FO2/c1-4-6-7-10-26-13-15-28(16-14-26)29-19-17-27(18-20-29)25(3)30-11-8-9-12-32(30)35(22-5-2)23-21-31(34(37)38)33(36)24-35/h8-9,11-12,25-29,31,33H,4-7,10,13-24H2,1-3H3,(H,37,38). The molecule has 0 saturated heterocycles. The van der Waals surface area contributed by atoms with E-state index >= 15 is 4.39 Å². The highest BCUT2D eigenvalue weighted by Crippen LogP contribution is 2.51. The van der Waals surface area contributed by atoms with Crippen LogP contribution in [0.15, 0.2) is 24.3 Å². The Morgan fingerprint density at radius 2 is 1.61 bits per heavy atom. The lowest BCUT2D eigenvalue weighted by Gasteiger charge is -2.44. The Kier molecular flexibility index (Phi) is 10.7. The molecule has 3 aliphatic rings. The van der Waals surface area contributed by atoms with E-state index in [9.17, 15) is 9.90 Å². The van der Waals surface area contributed by atoms with Crippen LogP contribution >= 0.6 is 0 Å². The van der Waals surface area contributed by atoms with Crippen molar-refractivity contribution in [3.05, 3.63) is 35.4 Å². The highest BCUT2D eigenvalue weighted by Gasteiger charge is 2.45. The Morgan fingerprint density at radius 3 is 2.21 bits per heavy atom. The van der Waals surface area contributed by atoms with Crippen molar-refractivity contribution in [2.45, 2.75) is 147 Å². The minimum atomic E-state index is -1.26. The molecule has 0 bridgehead atoms. The quantitative estimate of drug-likeness (QED) is 0.291. The molecule has 214 valence electrons. The van der Waals surface area contributed by atoms with E-state index in [1.165, 1.54) is 88.2 Å². The Balaban J connectivity index is 1.38. The minimum absolute atomic E-state index is 0.224. The summed E-state index contributed by atoms with van der Waals surface area (Å²) >= 11 is 0. The molecule has 3 fully saturated rings. The van der Waals surface area contributed by atoms with Gasteiger partial charge in [0.25, 0.3) is 0 Å². The van der Waals surface area contributed by atoms with Gasteiger partial charge in [-0.1, -0.05) is 90.0 Å². The topological polar surface area (TPSA) is 37.3 Å². The van der Waals surface area contributed by atoms with E-state index in [2.05, 4.69) is 45.0 Å². The van der Waals surface area contributed by atoms with Crippen LogP contribution in [0.3, 0.4) is 0 Å². The number of aliphatic carboxylic acids is 1. The Morgan fingerprint density at radius 1 is 0.947 bits per heavy atom. The van der Waals surface area contributed by atoms with E-state index in [1.54, 1.807) is 0 Å². The summed E-state index contributed by atoms with van der Waals surface area (Å²) in [7, 11) is 0. The van der Waals surface area contributed by atoms with Gasteiger partial charge in [0, 0.05) is 0 Å². The Bertz CT molecular complexity index is 866. The van der Waals surface area contributed by atoms with Crippen LogP contribution in [0.4, 0.5) is 4.39 Å². The number of carbonyl (C=O) groups is 1. The van der Waals surface area contributed by atoms with Gasteiger partial charge < -0.3 is 5.11 Å². The van der Waals surface area contributed by atoms with Crippen LogP contribution < -0.4 is 0 Å². The number of rotatable bonds is 11. The fourth-order valence-electron chi connectivity index (χ4n) is 8.97. The predicted molar refractivity (Wildman–Crippen MR) is 156 cm³/mol. The van der Waals surface area contributed by atoms with E-state index in [-0.39, 0.29) is 5.41 Å². The number of carboxylic acids is 1. The van der Waals surface area contributed by atoms with Gasteiger partial charge in [-0.2, -0.15) is 0 Å². The average Bonchev–Trinajstić information content (AvgIpc) is 2.93. The van der Waals surface area contributed by atoms with E-state index < -0.39 is 18.1 Å². The van der Waals surface area contributed by atoms with E-state index in [0.29, 0.717) is 24.7 Å². The van der Waals surface area contributed by atoms with Crippen LogP contribution in [0.5, 0.6) is 0 Å². The van der Waals surface area contributed by atoms with Gasteiger partial charge in [0.1, 0.15) is 6.17 Å². The molecule has 4 unspecified atom stereocenters. The molecule has 0 spiro atoms. The summed E-state index contributed by atoms with van der Waals surface area (Å²) in [6.45, 7) is 6.91. The molecule has 0 aromatic heterocycles. The largest absolute Gasteiger partial charge is 0.481 e. The first kappa shape index (κ1) is 29.6. The third kappa shape index (κ3) is 6.84. The van der Waals surface area contributed by atoms with Crippen LogP contribution in [-0.4, -0.2) is 17.2 Å². The van der Waals surface area contributed by atoms with Crippen molar-refractivity contribution in [2.75, 3.05) is 0 Å². The SMILES string of the molecule is CCCCCC1CCC(C2CCC(C(C)c3ccccc3C3(CCC)CCC(C(=O)O)C(F)C3)CC2)CC1. The fraction of sp³-hybridized carbons (Fsp3) is 0.800. The highest BCUT2D eigenvalue weighted by molar-refractivity contribution is 5.71. The van der Waals surface area contributed by atoms with Gasteiger partial charge in [-0.25, -0.2) is 4.39 Å². The molecular weight excluding hydrogens is 471 g/mol. The Hall–Kier alpha value is -1.38. The van der Waals surface area contributed by atoms with Crippen LogP contribution in [0.2, 0.25) is 0 Å². The third-order valence-electron chi connectivity index (χ3n) is 11.3. The van der Waals surface area contributed by atoms with Gasteiger partial charge in [0.15, 0.2) is 0 Å². The van der Waals surface area contributed by atoms with Gasteiger partial charge in [0.05, 0.1) is 5.92 Å². The first-order chi connectivity index (χ1) is 18.4. The zero-order valence-corrected chi connectivity index (χ0v) is 24.6. The molecule has 2 nitrogen and oxygen atoms in total. The lowest BCUT2D eigenvalue weighted by molar-refractivity contribution is -0.146. The molecule has 4 atom stereocenters. The van der Waals surface area contributed by atoms with Crippen molar-refractivity contribution in [2.24, 2.45) is 29.6 Å². The number of alkyl halides is 1. The first-order valence-electron chi connectivity index (χ1n) is 16.3. The van der Waals surface area contributed by atoms with E-state index in [0.717, 1.165) is 37.0 Å². The summed E-state index contributed by atoms with van der Waals surface area (Å²) in [5, 5.41) is 9.52. The molecule has 0 radical (unpaired) electrons. The Labute approximate surface area is 232 Å².